The summed E-state index contributed by atoms with van der Waals surface area (Å²) in [6.07, 6.45) is 3.93. The van der Waals surface area contributed by atoms with Gasteiger partial charge in [0.15, 0.2) is 0 Å². The molecule has 0 fully saturated rings. The van der Waals surface area contributed by atoms with Crippen LogP contribution >= 0.6 is 0 Å². The Labute approximate surface area is 177 Å². The Morgan fingerprint density at radius 2 is 0.964 bits per heavy atom. The smallest absolute Gasteiger partial charge is 0.0562 e. The molecule has 164 valence electrons. The molecule has 2 aromatic rings. The van der Waals surface area contributed by atoms with E-state index in [-0.39, 0.29) is 0 Å². The van der Waals surface area contributed by atoms with E-state index in [0.29, 0.717) is 0 Å². The monoisotopic (exact) mass is 389 g/mol. The Kier molecular flexibility index (Phi) is 24.1. The topological polar surface area (TPSA) is 4.41 Å². The summed E-state index contributed by atoms with van der Waals surface area (Å²) in [5, 5.41) is 2.44. The molecule has 0 atom stereocenters. The summed E-state index contributed by atoms with van der Waals surface area (Å²) in [7, 11) is 0. The number of aromatic nitrogens is 1. The van der Waals surface area contributed by atoms with Crippen molar-refractivity contribution < 1.29 is 0 Å². The van der Waals surface area contributed by atoms with Gasteiger partial charge in [0.05, 0.1) is 5.52 Å². The molecular formula is C27H51N. The second-order valence-electron chi connectivity index (χ2n) is 5.32. The van der Waals surface area contributed by atoms with Crippen molar-refractivity contribution >= 4 is 18.2 Å². The van der Waals surface area contributed by atoms with Gasteiger partial charge in [0.1, 0.15) is 0 Å². The van der Waals surface area contributed by atoms with Gasteiger partial charge in [-0.05, 0) is 70.4 Å². The molecule has 0 aliphatic heterocycles. The molecule has 0 saturated carbocycles. The molecule has 2 aromatic heterocycles. The summed E-state index contributed by atoms with van der Waals surface area (Å²) in [5.41, 5.74) is 8.05. The van der Waals surface area contributed by atoms with E-state index in [1.165, 1.54) is 38.8 Å². The van der Waals surface area contributed by atoms with Crippen molar-refractivity contribution in [2.24, 2.45) is 0 Å². The Bertz CT molecular complexity index is 758. The van der Waals surface area contributed by atoms with E-state index in [1.807, 2.05) is 62.3 Å². The molecule has 0 bridgehead atoms. The third kappa shape index (κ3) is 8.09. The molecule has 28 heavy (non-hydrogen) atoms. The van der Waals surface area contributed by atoms with E-state index < -0.39 is 0 Å². The highest BCUT2D eigenvalue weighted by molar-refractivity contribution is 5.65. The van der Waals surface area contributed by atoms with Crippen LogP contribution in [0.15, 0.2) is 12.7 Å². The molecule has 1 nitrogen and oxygen atoms in total. The van der Waals surface area contributed by atoms with Crippen molar-refractivity contribution in [1.82, 2.24) is 4.40 Å². The SMILES string of the molecule is C=CC.C=c1c(C)c(C)n2c(C)c(C)c(C)c2/c1=C\C.CC.CC.CC.CC. The van der Waals surface area contributed by atoms with Crippen LogP contribution < -0.4 is 10.4 Å². The zero-order valence-corrected chi connectivity index (χ0v) is 22.0. The van der Waals surface area contributed by atoms with Crippen molar-refractivity contribution in [2.45, 2.75) is 104 Å². The Morgan fingerprint density at radius 3 is 1.29 bits per heavy atom. The molecule has 0 saturated heterocycles. The molecule has 0 amide bonds. The van der Waals surface area contributed by atoms with E-state index in [1.54, 1.807) is 6.08 Å². The number of hydrogen-bond donors (Lipinski definition) is 0. The second kappa shape index (κ2) is 20.0. The Balaban J connectivity index is -0.000000224. The quantitative estimate of drug-likeness (QED) is 0.402. The van der Waals surface area contributed by atoms with Gasteiger partial charge >= 0.3 is 0 Å². The van der Waals surface area contributed by atoms with E-state index in [2.05, 4.69) is 65.2 Å². The number of hydrogen-bond acceptors (Lipinski definition) is 0. The maximum Gasteiger partial charge on any atom is 0.0562 e. The van der Waals surface area contributed by atoms with Crippen LogP contribution in [0, 0.1) is 34.6 Å². The van der Waals surface area contributed by atoms with Crippen LogP contribution in [0.4, 0.5) is 0 Å². The van der Waals surface area contributed by atoms with Gasteiger partial charge in [-0.15, -0.1) is 6.58 Å². The molecule has 0 aromatic carbocycles. The van der Waals surface area contributed by atoms with Crippen molar-refractivity contribution in [3.05, 3.63) is 51.2 Å². The zero-order valence-electron chi connectivity index (χ0n) is 22.0. The molecule has 0 spiro atoms. The molecule has 0 unspecified atom stereocenters. The van der Waals surface area contributed by atoms with Gasteiger partial charge in [-0.2, -0.15) is 0 Å². The first-order chi connectivity index (χ1) is 13.3. The predicted molar refractivity (Wildman–Crippen MR) is 137 cm³/mol. The normalized spacial score (nSPS) is 9.04. The lowest BCUT2D eigenvalue weighted by Crippen LogP contribution is -2.30. The number of rotatable bonds is 0. The summed E-state index contributed by atoms with van der Waals surface area (Å²) in [5.74, 6) is 0. The average Bonchev–Trinajstić information content (AvgIpc) is 2.97. The summed E-state index contributed by atoms with van der Waals surface area (Å²) in [6.45, 7) is 38.5. The van der Waals surface area contributed by atoms with Crippen molar-refractivity contribution in [2.75, 3.05) is 0 Å². The van der Waals surface area contributed by atoms with E-state index >= 15 is 0 Å². The summed E-state index contributed by atoms with van der Waals surface area (Å²) < 4.78 is 2.38. The van der Waals surface area contributed by atoms with Crippen LogP contribution in [0.25, 0.3) is 18.2 Å². The first-order valence-electron chi connectivity index (χ1n) is 11.1. The van der Waals surface area contributed by atoms with Crippen molar-refractivity contribution in [3.63, 3.8) is 0 Å². The van der Waals surface area contributed by atoms with Gasteiger partial charge in [0, 0.05) is 16.6 Å². The number of fused-ring (bicyclic) bond motifs is 1. The molecule has 0 N–H and O–H groups in total. The highest BCUT2D eigenvalue weighted by Crippen LogP contribution is 2.20. The highest BCUT2D eigenvalue weighted by Gasteiger charge is 2.13. The van der Waals surface area contributed by atoms with E-state index in [4.69, 9.17) is 0 Å². The van der Waals surface area contributed by atoms with Gasteiger partial charge in [-0.1, -0.05) is 74.1 Å². The minimum Gasteiger partial charge on any atom is -0.317 e. The van der Waals surface area contributed by atoms with Crippen LogP contribution in [0.2, 0.25) is 0 Å². The third-order valence-electron chi connectivity index (χ3n) is 4.22. The largest absolute Gasteiger partial charge is 0.317 e. The second-order valence-corrected chi connectivity index (χ2v) is 5.32. The lowest BCUT2D eigenvalue weighted by Gasteiger charge is -2.10. The molecule has 2 rings (SSSR count). The molecule has 1 heteroatoms. The molecule has 0 radical (unpaired) electrons. The van der Waals surface area contributed by atoms with Gasteiger partial charge in [-0.3, -0.25) is 0 Å². The van der Waals surface area contributed by atoms with Crippen LogP contribution in [0.1, 0.15) is 97.3 Å². The average molecular weight is 390 g/mol. The fourth-order valence-corrected chi connectivity index (χ4v) is 2.74. The predicted octanol–water partition coefficient (Wildman–Crippen LogP) is 7.99. The summed E-state index contributed by atoms with van der Waals surface area (Å²) in [4.78, 5) is 0. The first kappa shape index (κ1) is 33.8. The number of nitrogens with zero attached hydrogens (tertiary/aromatic N) is 1. The number of allylic oxidation sites excluding steroid dienone is 1. The maximum absolute atomic E-state index is 4.24. The standard InChI is InChI=1S/C16H21N.C3H6.4C2H6/c1-8-15-11(4)9(2)13(6)17-14(7)10(3)12(5)16(15)17;1-3-2;4*1-2/h8H,4H2,1-3,5-7H3;3H,1H2,2H3;4*1-2H3/b15-8-;;;;;. The molecule has 0 aliphatic rings. The Hall–Kier alpha value is -1.76. The van der Waals surface area contributed by atoms with Crippen molar-refractivity contribution in [1.29, 1.82) is 0 Å². The maximum atomic E-state index is 4.24. The fourth-order valence-electron chi connectivity index (χ4n) is 2.74. The third-order valence-corrected chi connectivity index (χ3v) is 4.22. The van der Waals surface area contributed by atoms with Crippen LogP contribution in [-0.2, 0) is 0 Å². The Morgan fingerprint density at radius 1 is 0.643 bits per heavy atom. The summed E-state index contributed by atoms with van der Waals surface area (Å²) in [6, 6.07) is 0. The van der Waals surface area contributed by atoms with Gasteiger partial charge in [-0.25, -0.2) is 0 Å². The van der Waals surface area contributed by atoms with Crippen LogP contribution in [-0.4, -0.2) is 4.40 Å². The van der Waals surface area contributed by atoms with Gasteiger partial charge in [0.25, 0.3) is 0 Å². The first-order valence-corrected chi connectivity index (χ1v) is 11.1. The lowest BCUT2D eigenvalue weighted by atomic mass is 10.1. The van der Waals surface area contributed by atoms with E-state index in [9.17, 15) is 0 Å². The fraction of sp³-hybridized carbons (Fsp3) is 0.556. The minimum absolute atomic E-state index is 1.16. The minimum atomic E-state index is 1.16. The lowest BCUT2D eigenvalue weighted by molar-refractivity contribution is 0.997. The number of aryl methyl sites for hydroxylation is 3. The molecular weight excluding hydrogens is 338 g/mol. The van der Waals surface area contributed by atoms with Crippen molar-refractivity contribution in [3.8, 4) is 0 Å². The summed E-state index contributed by atoms with van der Waals surface area (Å²) >= 11 is 0. The van der Waals surface area contributed by atoms with Gasteiger partial charge in [0.2, 0.25) is 0 Å². The highest BCUT2D eigenvalue weighted by atomic mass is 14.9. The molecule has 2 heterocycles. The van der Waals surface area contributed by atoms with Crippen LogP contribution in [0.5, 0.6) is 0 Å². The van der Waals surface area contributed by atoms with E-state index in [0.717, 1.165) is 5.22 Å². The zero-order chi connectivity index (χ0) is 23.6. The molecule has 0 aliphatic carbocycles. The van der Waals surface area contributed by atoms with Gasteiger partial charge < -0.3 is 4.40 Å². The van der Waals surface area contributed by atoms with Crippen LogP contribution in [0.3, 0.4) is 0 Å². The number of pyridine rings is 1.